The topological polar surface area (TPSA) is 25.8 Å². The lowest BCUT2D eigenvalue weighted by Crippen LogP contribution is -2.28. The number of hydrogen-bond acceptors (Lipinski definition) is 2. The lowest BCUT2D eigenvalue weighted by molar-refractivity contribution is 0.768. The van der Waals surface area contributed by atoms with Gasteiger partial charge in [-0.15, -0.1) is 0 Å². The molecule has 0 spiro atoms. The van der Waals surface area contributed by atoms with Gasteiger partial charge in [-0.3, -0.25) is 0 Å². The van der Waals surface area contributed by atoms with E-state index in [0.717, 1.165) is 33.5 Å². The Hall–Kier alpha value is -6.12. The maximum Gasteiger partial charge on any atom is 0.160 e. The molecular formula is C45H30N2. The molecule has 8 aromatic rings. The van der Waals surface area contributed by atoms with Gasteiger partial charge in [0.25, 0.3) is 0 Å². The zero-order valence-electron chi connectivity index (χ0n) is 25.7. The second kappa shape index (κ2) is 11.0. The van der Waals surface area contributed by atoms with Crippen LogP contribution in [-0.4, -0.2) is 9.97 Å². The van der Waals surface area contributed by atoms with E-state index in [9.17, 15) is 0 Å². The largest absolute Gasteiger partial charge is 0.228 e. The smallest absolute Gasteiger partial charge is 0.160 e. The SMILES string of the molecule is c1ccc(-c2nc(-c3ccc(-c4cccc5c4-c4ccccc4C5(c4ccccc4)c4ccccc4)cc3)nc3ccccc23)cc1. The van der Waals surface area contributed by atoms with E-state index in [-0.39, 0.29) is 0 Å². The number of nitrogens with zero attached hydrogens (tertiary/aromatic N) is 2. The van der Waals surface area contributed by atoms with Gasteiger partial charge in [0, 0.05) is 16.5 Å². The number of benzene rings is 7. The molecule has 0 fully saturated rings. The Morgan fingerprint density at radius 3 is 1.64 bits per heavy atom. The van der Waals surface area contributed by atoms with Gasteiger partial charge in [-0.1, -0.05) is 176 Å². The predicted molar refractivity (Wildman–Crippen MR) is 193 cm³/mol. The maximum absolute atomic E-state index is 5.11. The van der Waals surface area contributed by atoms with Gasteiger partial charge in [0.05, 0.1) is 16.6 Å². The molecule has 47 heavy (non-hydrogen) atoms. The fourth-order valence-corrected chi connectivity index (χ4v) is 7.55. The minimum absolute atomic E-state index is 0.419. The molecule has 2 heteroatoms. The predicted octanol–water partition coefficient (Wildman–Crippen LogP) is 11.0. The summed E-state index contributed by atoms with van der Waals surface area (Å²) in [7, 11) is 0. The van der Waals surface area contributed by atoms with Gasteiger partial charge in [0.1, 0.15) is 0 Å². The molecule has 1 aliphatic carbocycles. The molecule has 0 unspecified atom stereocenters. The first-order valence-corrected chi connectivity index (χ1v) is 16.1. The van der Waals surface area contributed by atoms with Crippen LogP contribution in [-0.2, 0) is 5.41 Å². The molecule has 1 aliphatic rings. The lowest BCUT2D eigenvalue weighted by Gasteiger charge is -2.34. The highest BCUT2D eigenvalue weighted by Gasteiger charge is 2.46. The Labute approximate surface area is 274 Å². The molecule has 0 bridgehead atoms. The van der Waals surface area contributed by atoms with Crippen molar-refractivity contribution in [3.63, 3.8) is 0 Å². The quantitative estimate of drug-likeness (QED) is 0.197. The molecule has 0 amide bonds. The van der Waals surface area contributed by atoms with Crippen molar-refractivity contribution in [3.05, 3.63) is 204 Å². The first kappa shape index (κ1) is 27.2. The lowest BCUT2D eigenvalue weighted by atomic mass is 9.67. The second-order valence-corrected chi connectivity index (χ2v) is 12.1. The van der Waals surface area contributed by atoms with Crippen LogP contribution < -0.4 is 0 Å². The first-order valence-electron chi connectivity index (χ1n) is 16.1. The summed E-state index contributed by atoms with van der Waals surface area (Å²) in [5.41, 5.74) is 13.7. The van der Waals surface area contributed by atoms with Crippen molar-refractivity contribution in [3.8, 4) is 44.9 Å². The Kier molecular flexibility index (Phi) is 6.39. The van der Waals surface area contributed by atoms with Crippen LogP contribution in [0, 0.1) is 0 Å². The molecule has 0 atom stereocenters. The molecule has 0 N–H and O–H groups in total. The molecule has 0 radical (unpaired) electrons. The van der Waals surface area contributed by atoms with Gasteiger partial charge in [0.2, 0.25) is 0 Å². The minimum Gasteiger partial charge on any atom is -0.228 e. The highest BCUT2D eigenvalue weighted by Crippen LogP contribution is 2.58. The summed E-state index contributed by atoms with van der Waals surface area (Å²) in [5, 5.41) is 1.05. The van der Waals surface area contributed by atoms with Crippen LogP contribution in [0.5, 0.6) is 0 Å². The Bertz CT molecular complexity index is 2340. The minimum atomic E-state index is -0.419. The molecule has 7 aromatic carbocycles. The summed E-state index contributed by atoms with van der Waals surface area (Å²) in [4.78, 5) is 10.1. The third-order valence-electron chi connectivity index (χ3n) is 9.59. The van der Waals surface area contributed by atoms with E-state index in [2.05, 4.69) is 164 Å². The summed E-state index contributed by atoms with van der Waals surface area (Å²) >= 11 is 0. The van der Waals surface area contributed by atoms with Gasteiger partial charge in [0.15, 0.2) is 5.82 Å². The Morgan fingerprint density at radius 1 is 0.362 bits per heavy atom. The van der Waals surface area contributed by atoms with Crippen molar-refractivity contribution < 1.29 is 0 Å². The molecule has 220 valence electrons. The molecule has 1 heterocycles. The monoisotopic (exact) mass is 598 g/mol. The molecule has 0 aliphatic heterocycles. The summed E-state index contributed by atoms with van der Waals surface area (Å²) in [5.74, 6) is 0.727. The number of rotatable bonds is 5. The summed E-state index contributed by atoms with van der Waals surface area (Å²) in [6, 6.07) is 65.0. The van der Waals surface area contributed by atoms with Crippen LogP contribution >= 0.6 is 0 Å². The van der Waals surface area contributed by atoms with Crippen molar-refractivity contribution in [2.75, 3.05) is 0 Å². The molecule has 0 saturated carbocycles. The molecular weight excluding hydrogens is 569 g/mol. The van der Waals surface area contributed by atoms with Gasteiger partial charge < -0.3 is 0 Å². The average molecular weight is 599 g/mol. The van der Waals surface area contributed by atoms with E-state index in [4.69, 9.17) is 9.97 Å². The summed E-state index contributed by atoms with van der Waals surface area (Å²) in [6.07, 6.45) is 0. The zero-order chi connectivity index (χ0) is 31.2. The first-order chi connectivity index (χ1) is 23.3. The van der Waals surface area contributed by atoms with Crippen LogP contribution in [0.2, 0.25) is 0 Å². The van der Waals surface area contributed by atoms with E-state index >= 15 is 0 Å². The van der Waals surface area contributed by atoms with Crippen molar-refractivity contribution in [2.45, 2.75) is 5.41 Å². The zero-order valence-corrected chi connectivity index (χ0v) is 25.7. The Morgan fingerprint density at radius 2 is 0.915 bits per heavy atom. The van der Waals surface area contributed by atoms with Crippen molar-refractivity contribution in [2.24, 2.45) is 0 Å². The van der Waals surface area contributed by atoms with Gasteiger partial charge in [-0.2, -0.15) is 0 Å². The third kappa shape index (κ3) is 4.26. The molecule has 1 aromatic heterocycles. The fourth-order valence-electron chi connectivity index (χ4n) is 7.55. The third-order valence-corrected chi connectivity index (χ3v) is 9.59. The fraction of sp³-hybridized carbons (Fsp3) is 0.0222. The van der Waals surface area contributed by atoms with Crippen LogP contribution in [0.1, 0.15) is 22.3 Å². The van der Waals surface area contributed by atoms with Gasteiger partial charge >= 0.3 is 0 Å². The van der Waals surface area contributed by atoms with Crippen molar-refractivity contribution >= 4 is 10.9 Å². The van der Waals surface area contributed by atoms with E-state index < -0.39 is 5.41 Å². The van der Waals surface area contributed by atoms with E-state index in [1.54, 1.807) is 0 Å². The number of hydrogen-bond donors (Lipinski definition) is 0. The normalized spacial score (nSPS) is 12.9. The highest BCUT2D eigenvalue weighted by molar-refractivity contribution is 5.96. The van der Waals surface area contributed by atoms with Gasteiger partial charge in [-0.25, -0.2) is 9.97 Å². The second-order valence-electron chi connectivity index (χ2n) is 12.1. The summed E-state index contributed by atoms with van der Waals surface area (Å²) < 4.78 is 0. The number of fused-ring (bicyclic) bond motifs is 4. The molecule has 0 saturated heterocycles. The number of aromatic nitrogens is 2. The van der Waals surface area contributed by atoms with E-state index in [1.165, 1.54) is 44.5 Å². The molecule has 9 rings (SSSR count). The van der Waals surface area contributed by atoms with E-state index in [1.807, 2.05) is 18.2 Å². The van der Waals surface area contributed by atoms with Crippen molar-refractivity contribution in [1.82, 2.24) is 9.97 Å². The highest BCUT2D eigenvalue weighted by atomic mass is 14.9. The molecule has 2 nitrogen and oxygen atoms in total. The van der Waals surface area contributed by atoms with Crippen LogP contribution in [0.15, 0.2) is 182 Å². The van der Waals surface area contributed by atoms with Crippen LogP contribution in [0.3, 0.4) is 0 Å². The standard InChI is InChI=1S/C45H30N2/c1-4-15-32(16-5-1)43-38-22-11-13-26-41(38)46-44(47-43)33-29-27-31(28-30-33)36-23-14-25-40-42(36)37-21-10-12-24-39(37)45(40,34-17-6-2-7-18-34)35-19-8-3-9-20-35/h1-30H. The van der Waals surface area contributed by atoms with Crippen LogP contribution in [0.4, 0.5) is 0 Å². The van der Waals surface area contributed by atoms with E-state index in [0.29, 0.717) is 0 Å². The maximum atomic E-state index is 5.11. The van der Waals surface area contributed by atoms with Crippen molar-refractivity contribution in [1.29, 1.82) is 0 Å². The van der Waals surface area contributed by atoms with Gasteiger partial charge in [-0.05, 0) is 50.6 Å². The Balaban J connectivity index is 1.22. The van der Waals surface area contributed by atoms with Crippen LogP contribution in [0.25, 0.3) is 55.8 Å². The summed E-state index contributed by atoms with van der Waals surface area (Å²) in [6.45, 7) is 0. The number of para-hydroxylation sites is 1. The average Bonchev–Trinajstić information content (AvgIpc) is 3.47.